The summed E-state index contributed by atoms with van der Waals surface area (Å²) in [6.07, 6.45) is 4.74. The zero-order chi connectivity index (χ0) is 21.5. The Bertz CT molecular complexity index is 1030. The SMILES string of the molecule is CC1C(Oc2ccc(-c3ccc(-c4cnn(C)c4)cc3O)nn2)CCN(C)C1(C)C. The van der Waals surface area contributed by atoms with E-state index in [0.29, 0.717) is 23.1 Å². The number of aromatic hydroxyl groups is 1. The highest BCUT2D eigenvalue weighted by Crippen LogP contribution is 2.35. The molecule has 1 aromatic carbocycles. The molecule has 0 amide bonds. The fourth-order valence-electron chi connectivity index (χ4n) is 4.00. The number of hydrogen-bond donors (Lipinski definition) is 1. The van der Waals surface area contributed by atoms with E-state index in [2.05, 4.69) is 48.0 Å². The molecular formula is C23H29N5O2. The normalized spacial score (nSPS) is 21.5. The zero-order valence-corrected chi connectivity index (χ0v) is 18.2. The third-order valence-corrected chi connectivity index (χ3v) is 6.63. The summed E-state index contributed by atoms with van der Waals surface area (Å²) in [6.45, 7) is 7.72. The summed E-state index contributed by atoms with van der Waals surface area (Å²) in [4.78, 5) is 2.38. The van der Waals surface area contributed by atoms with Crippen molar-refractivity contribution in [2.75, 3.05) is 13.6 Å². The lowest BCUT2D eigenvalue weighted by molar-refractivity contribution is -0.0301. The second kappa shape index (κ2) is 7.72. The van der Waals surface area contributed by atoms with Crippen molar-refractivity contribution in [1.82, 2.24) is 24.9 Å². The summed E-state index contributed by atoms with van der Waals surface area (Å²) < 4.78 is 7.91. The van der Waals surface area contributed by atoms with E-state index in [9.17, 15) is 5.11 Å². The highest BCUT2D eigenvalue weighted by molar-refractivity contribution is 5.73. The number of aromatic nitrogens is 4. The molecular weight excluding hydrogens is 378 g/mol. The Kier molecular flexibility index (Phi) is 5.24. The number of rotatable bonds is 4. The maximum atomic E-state index is 10.5. The third kappa shape index (κ3) is 3.77. The molecule has 2 atom stereocenters. The Hall–Kier alpha value is -2.93. The number of hydrogen-bond acceptors (Lipinski definition) is 6. The molecule has 7 nitrogen and oxygen atoms in total. The number of likely N-dealkylation sites (tertiary alicyclic amines) is 1. The van der Waals surface area contributed by atoms with E-state index in [4.69, 9.17) is 4.74 Å². The second-order valence-electron chi connectivity index (χ2n) is 8.70. The summed E-state index contributed by atoms with van der Waals surface area (Å²) in [7, 11) is 4.03. The number of aryl methyl sites for hydroxylation is 1. The van der Waals surface area contributed by atoms with Crippen LogP contribution in [-0.4, -0.2) is 55.2 Å². The minimum atomic E-state index is 0.0676. The number of phenolic OH excluding ortho intramolecular Hbond substituents is 1. The van der Waals surface area contributed by atoms with Gasteiger partial charge < -0.3 is 14.7 Å². The molecule has 1 N–H and O–H groups in total. The van der Waals surface area contributed by atoms with Gasteiger partial charge in [0, 0.05) is 48.4 Å². The van der Waals surface area contributed by atoms with Gasteiger partial charge in [-0.2, -0.15) is 5.10 Å². The predicted octanol–water partition coefficient (Wildman–Crippen LogP) is 3.75. The van der Waals surface area contributed by atoms with Gasteiger partial charge in [-0.1, -0.05) is 13.0 Å². The van der Waals surface area contributed by atoms with Crippen LogP contribution in [0.3, 0.4) is 0 Å². The summed E-state index contributed by atoms with van der Waals surface area (Å²) in [5.74, 6) is 1.04. The summed E-state index contributed by atoms with van der Waals surface area (Å²) in [5, 5.41) is 23.3. The smallest absolute Gasteiger partial charge is 0.233 e. The van der Waals surface area contributed by atoms with Gasteiger partial charge in [0.2, 0.25) is 5.88 Å². The van der Waals surface area contributed by atoms with E-state index in [1.165, 1.54) is 0 Å². The summed E-state index contributed by atoms with van der Waals surface area (Å²) >= 11 is 0. The molecule has 7 heteroatoms. The Balaban J connectivity index is 1.50. The Labute approximate surface area is 177 Å². The average molecular weight is 408 g/mol. The van der Waals surface area contributed by atoms with Crippen LogP contribution in [0, 0.1) is 5.92 Å². The Morgan fingerprint density at radius 1 is 1.10 bits per heavy atom. The van der Waals surface area contributed by atoms with Gasteiger partial charge in [-0.05, 0) is 51.1 Å². The van der Waals surface area contributed by atoms with Crippen molar-refractivity contribution in [2.24, 2.45) is 13.0 Å². The Morgan fingerprint density at radius 3 is 2.53 bits per heavy atom. The molecule has 3 heterocycles. The van der Waals surface area contributed by atoms with E-state index >= 15 is 0 Å². The van der Waals surface area contributed by atoms with Gasteiger partial charge >= 0.3 is 0 Å². The van der Waals surface area contributed by atoms with E-state index in [-0.39, 0.29) is 17.4 Å². The Morgan fingerprint density at radius 2 is 1.90 bits per heavy atom. The number of benzene rings is 1. The minimum absolute atomic E-state index is 0.0676. The van der Waals surface area contributed by atoms with Crippen molar-refractivity contribution in [3.05, 3.63) is 42.7 Å². The van der Waals surface area contributed by atoms with Crippen LogP contribution in [-0.2, 0) is 7.05 Å². The van der Waals surface area contributed by atoms with Gasteiger partial charge in [0.1, 0.15) is 11.9 Å². The van der Waals surface area contributed by atoms with Gasteiger partial charge in [-0.25, -0.2) is 0 Å². The molecule has 1 aliphatic heterocycles. The van der Waals surface area contributed by atoms with Crippen molar-refractivity contribution in [3.63, 3.8) is 0 Å². The first kappa shape index (κ1) is 20.3. The van der Waals surface area contributed by atoms with Crippen LogP contribution < -0.4 is 4.74 Å². The quantitative estimate of drug-likeness (QED) is 0.710. The van der Waals surface area contributed by atoms with Gasteiger partial charge in [0.05, 0.1) is 11.9 Å². The molecule has 0 bridgehead atoms. The van der Waals surface area contributed by atoms with Crippen molar-refractivity contribution in [2.45, 2.75) is 38.8 Å². The first-order chi connectivity index (χ1) is 14.3. The van der Waals surface area contributed by atoms with Gasteiger partial charge in [-0.15, -0.1) is 10.2 Å². The number of ether oxygens (including phenoxy) is 1. The van der Waals surface area contributed by atoms with E-state index < -0.39 is 0 Å². The average Bonchev–Trinajstić information content (AvgIpc) is 3.16. The molecule has 1 aliphatic rings. The lowest BCUT2D eigenvalue weighted by Gasteiger charge is -2.48. The lowest BCUT2D eigenvalue weighted by atomic mass is 9.79. The van der Waals surface area contributed by atoms with Crippen LogP contribution in [0.5, 0.6) is 11.6 Å². The largest absolute Gasteiger partial charge is 0.507 e. The standard InChI is InChI=1S/C23H29N5O2/c1-15-21(10-11-27(4)23(15,2)3)30-22-9-8-19(25-26-22)18-7-6-16(12-20(18)29)17-13-24-28(5)14-17/h6-9,12-15,21,29H,10-11H2,1-5H3. The molecule has 0 saturated carbocycles. The van der Waals surface area contributed by atoms with Crippen molar-refractivity contribution in [3.8, 4) is 34.0 Å². The fourth-order valence-corrected chi connectivity index (χ4v) is 4.00. The van der Waals surface area contributed by atoms with Gasteiger partial charge in [-0.3, -0.25) is 4.68 Å². The van der Waals surface area contributed by atoms with Crippen molar-refractivity contribution >= 4 is 0 Å². The van der Waals surface area contributed by atoms with E-state index in [1.54, 1.807) is 16.9 Å². The topological polar surface area (TPSA) is 76.3 Å². The van der Waals surface area contributed by atoms with E-state index in [1.807, 2.05) is 37.5 Å². The number of phenols is 1. The highest BCUT2D eigenvalue weighted by atomic mass is 16.5. The molecule has 0 spiro atoms. The molecule has 0 radical (unpaired) electrons. The van der Waals surface area contributed by atoms with Crippen LogP contribution in [0.15, 0.2) is 42.7 Å². The third-order valence-electron chi connectivity index (χ3n) is 6.63. The summed E-state index contributed by atoms with van der Waals surface area (Å²) in [6, 6.07) is 9.19. The van der Waals surface area contributed by atoms with Crippen LogP contribution in [0.4, 0.5) is 0 Å². The van der Waals surface area contributed by atoms with Crippen LogP contribution in [0.2, 0.25) is 0 Å². The monoisotopic (exact) mass is 407 g/mol. The zero-order valence-electron chi connectivity index (χ0n) is 18.2. The maximum absolute atomic E-state index is 10.5. The molecule has 2 aromatic heterocycles. The van der Waals surface area contributed by atoms with E-state index in [0.717, 1.165) is 24.1 Å². The molecule has 0 aliphatic carbocycles. The van der Waals surface area contributed by atoms with Crippen molar-refractivity contribution < 1.29 is 9.84 Å². The predicted molar refractivity (Wildman–Crippen MR) is 116 cm³/mol. The van der Waals surface area contributed by atoms with Crippen LogP contribution in [0.1, 0.15) is 27.2 Å². The molecule has 4 rings (SSSR count). The fraction of sp³-hybridized carbons (Fsp3) is 0.435. The minimum Gasteiger partial charge on any atom is -0.507 e. The lowest BCUT2D eigenvalue weighted by Crippen LogP contribution is -2.56. The molecule has 2 unspecified atom stereocenters. The number of piperidine rings is 1. The molecule has 1 saturated heterocycles. The molecule has 158 valence electrons. The maximum Gasteiger partial charge on any atom is 0.233 e. The molecule has 3 aromatic rings. The highest BCUT2D eigenvalue weighted by Gasteiger charge is 2.40. The summed E-state index contributed by atoms with van der Waals surface area (Å²) in [5.41, 5.74) is 3.16. The molecule has 1 fully saturated rings. The molecule has 30 heavy (non-hydrogen) atoms. The van der Waals surface area contributed by atoms with Gasteiger partial charge in [0.15, 0.2) is 0 Å². The van der Waals surface area contributed by atoms with Crippen LogP contribution in [0.25, 0.3) is 22.4 Å². The second-order valence-corrected chi connectivity index (χ2v) is 8.70. The number of nitrogens with zero attached hydrogens (tertiary/aromatic N) is 5. The first-order valence-corrected chi connectivity index (χ1v) is 10.3. The van der Waals surface area contributed by atoms with Crippen LogP contribution >= 0.6 is 0 Å². The van der Waals surface area contributed by atoms with Crippen molar-refractivity contribution in [1.29, 1.82) is 0 Å². The van der Waals surface area contributed by atoms with Gasteiger partial charge in [0.25, 0.3) is 0 Å². The first-order valence-electron chi connectivity index (χ1n) is 10.3.